The van der Waals surface area contributed by atoms with Crippen molar-refractivity contribution >= 4 is 45.8 Å². The van der Waals surface area contributed by atoms with Crippen molar-refractivity contribution in [3.63, 3.8) is 0 Å². The highest BCUT2D eigenvalue weighted by Gasteiger charge is 2.22. The zero-order chi connectivity index (χ0) is 22.3. The number of hydrogen-bond acceptors (Lipinski definition) is 3. The number of fused-ring (bicyclic) bond motifs is 3. The minimum absolute atomic E-state index is 0.0255. The Morgan fingerprint density at radius 2 is 1.74 bits per heavy atom. The van der Waals surface area contributed by atoms with Gasteiger partial charge in [0, 0.05) is 25.5 Å². The average Bonchev–Trinajstić information content (AvgIpc) is 3.00. The summed E-state index contributed by atoms with van der Waals surface area (Å²) in [6.07, 6.45) is 0. The van der Waals surface area contributed by atoms with Gasteiger partial charge in [-0.15, -0.1) is 0 Å². The summed E-state index contributed by atoms with van der Waals surface area (Å²) in [4.78, 5) is 4.50. The third-order valence-corrected chi connectivity index (χ3v) is 7.25. The van der Waals surface area contributed by atoms with Crippen LogP contribution in [-0.2, 0) is 11.5 Å². The summed E-state index contributed by atoms with van der Waals surface area (Å²) in [7, 11) is -1.24. The normalized spacial score (nSPS) is 12.2. The first-order valence-electron chi connectivity index (χ1n) is 9.83. The Morgan fingerprint density at radius 3 is 2.42 bits per heavy atom. The third-order valence-electron chi connectivity index (χ3n) is 5.01. The highest BCUT2D eigenvalue weighted by Crippen LogP contribution is 2.37. The molecule has 4 nitrogen and oxygen atoms in total. The van der Waals surface area contributed by atoms with E-state index in [9.17, 15) is 13.2 Å². The van der Waals surface area contributed by atoms with Gasteiger partial charge in [0.15, 0.2) is 4.60 Å². The second kappa shape index (κ2) is 8.37. The molecule has 0 saturated carbocycles. The first-order valence-corrected chi connectivity index (χ1v) is 14.3. The van der Waals surface area contributed by atoms with Gasteiger partial charge in [0.25, 0.3) is 0 Å². The van der Waals surface area contributed by atoms with Gasteiger partial charge in [0.1, 0.15) is 29.7 Å². The van der Waals surface area contributed by atoms with Gasteiger partial charge in [-0.05, 0) is 52.3 Å². The minimum Gasteiger partial charge on any atom is -0.360 e. The van der Waals surface area contributed by atoms with Gasteiger partial charge >= 0.3 is 0 Å². The number of pyridine rings is 1. The topological polar surface area (TPSA) is 39.9 Å². The molecular formula is C22H21BrF3N3OSi. The molecule has 0 radical (unpaired) electrons. The summed E-state index contributed by atoms with van der Waals surface area (Å²) in [6.45, 7) is 7.60. The fraction of sp³-hybridized carbons (Fsp3) is 0.273. The van der Waals surface area contributed by atoms with Crippen molar-refractivity contribution in [1.82, 2.24) is 14.8 Å². The van der Waals surface area contributed by atoms with Gasteiger partial charge in [-0.2, -0.15) is 5.10 Å². The highest BCUT2D eigenvalue weighted by atomic mass is 79.9. The Morgan fingerprint density at radius 1 is 1.03 bits per heavy atom. The highest BCUT2D eigenvalue weighted by molar-refractivity contribution is 9.10. The molecule has 0 aliphatic carbocycles. The van der Waals surface area contributed by atoms with Gasteiger partial charge < -0.3 is 4.74 Å². The van der Waals surface area contributed by atoms with Crippen molar-refractivity contribution in [2.45, 2.75) is 32.4 Å². The quantitative estimate of drug-likeness (QED) is 0.214. The molecule has 0 fully saturated rings. The van der Waals surface area contributed by atoms with Crippen LogP contribution >= 0.6 is 15.9 Å². The standard InChI is InChI=1S/C22H21BrF3N3OSi/c1-31(2,3)10-9-30-12-29-21-14-8-7-13(24)11-15(14)19(27-20(21)22(23)28-29)18-16(25)5-4-6-17(18)26/h4-8,11H,9-10,12H2,1-3H3. The SMILES string of the molecule is C[Si](C)(C)CCOCn1nc(Br)c2nc(-c3c(F)cccc3F)c3cc(F)ccc3c21. The van der Waals surface area contributed by atoms with Crippen LogP contribution < -0.4 is 0 Å². The lowest BCUT2D eigenvalue weighted by molar-refractivity contribution is 0.0816. The molecular weight excluding hydrogens is 487 g/mol. The molecule has 2 aromatic carbocycles. The maximum atomic E-state index is 14.5. The zero-order valence-corrected chi connectivity index (χ0v) is 19.9. The average molecular weight is 508 g/mol. The molecule has 0 aliphatic heterocycles. The summed E-state index contributed by atoms with van der Waals surface area (Å²) in [5, 5.41) is 5.33. The summed E-state index contributed by atoms with van der Waals surface area (Å²) >= 11 is 3.40. The van der Waals surface area contributed by atoms with E-state index in [0.717, 1.165) is 18.2 Å². The number of nitrogens with zero attached hydrogens (tertiary/aromatic N) is 3. The van der Waals surface area contributed by atoms with Gasteiger partial charge in [-0.1, -0.05) is 25.7 Å². The lowest BCUT2D eigenvalue weighted by Gasteiger charge is -2.15. The van der Waals surface area contributed by atoms with E-state index >= 15 is 0 Å². The van der Waals surface area contributed by atoms with E-state index in [1.54, 1.807) is 10.7 Å². The van der Waals surface area contributed by atoms with E-state index in [1.165, 1.54) is 18.2 Å². The lowest BCUT2D eigenvalue weighted by atomic mass is 10.0. The van der Waals surface area contributed by atoms with Crippen molar-refractivity contribution in [3.05, 3.63) is 58.5 Å². The molecule has 0 aliphatic rings. The van der Waals surface area contributed by atoms with E-state index < -0.39 is 25.5 Å². The van der Waals surface area contributed by atoms with Crippen LogP contribution in [0.3, 0.4) is 0 Å². The molecule has 0 N–H and O–H groups in total. The van der Waals surface area contributed by atoms with Crippen LogP contribution in [0.4, 0.5) is 13.2 Å². The molecule has 0 spiro atoms. The summed E-state index contributed by atoms with van der Waals surface area (Å²) < 4.78 is 51.1. The summed E-state index contributed by atoms with van der Waals surface area (Å²) in [5.41, 5.74) is 0.754. The minimum atomic E-state index is -1.24. The molecule has 2 heterocycles. The van der Waals surface area contributed by atoms with Crippen molar-refractivity contribution in [2.24, 2.45) is 0 Å². The van der Waals surface area contributed by atoms with Crippen LogP contribution in [0.5, 0.6) is 0 Å². The summed E-state index contributed by atoms with van der Waals surface area (Å²) in [5.74, 6) is -2.06. The Kier molecular flexibility index (Phi) is 5.93. The Bertz CT molecular complexity index is 1270. The number of ether oxygens (including phenoxy) is 1. The van der Waals surface area contributed by atoms with Crippen LogP contribution in [0.15, 0.2) is 41.0 Å². The monoisotopic (exact) mass is 507 g/mol. The fourth-order valence-corrected chi connectivity index (χ4v) is 4.64. The fourth-order valence-electron chi connectivity index (χ4n) is 3.42. The second-order valence-corrected chi connectivity index (χ2v) is 15.0. The van der Waals surface area contributed by atoms with Crippen LogP contribution in [0, 0.1) is 17.5 Å². The molecule has 31 heavy (non-hydrogen) atoms. The predicted octanol–water partition coefficient (Wildman–Crippen LogP) is 6.74. The number of rotatable bonds is 6. The molecule has 162 valence electrons. The van der Waals surface area contributed by atoms with Crippen LogP contribution in [-0.4, -0.2) is 29.4 Å². The predicted molar refractivity (Wildman–Crippen MR) is 122 cm³/mol. The molecule has 0 bridgehead atoms. The van der Waals surface area contributed by atoms with E-state index in [0.29, 0.717) is 33.0 Å². The molecule has 9 heteroatoms. The lowest BCUT2D eigenvalue weighted by Crippen LogP contribution is -2.22. The number of hydrogen-bond donors (Lipinski definition) is 0. The van der Waals surface area contributed by atoms with E-state index in [1.807, 2.05) is 0 Å². The second-order valence-electron chi connectivity index (χ2n) is 8.58. The molecule has 0 saturated heterocycles. The van der Waals surface area contributed by atoms with Gasteiger partial charge in [-0.25, -0.2) is 22.8 Å². The molecule has 0 atom stereocenters. The first kappa shape index (κ1) is 22.0. The molecule has 0 unspecified atom stereocenters. The molecule has 2 aromatic heterocycles. The van der Waals surface area contributed by atoms with Gasteiger partial charge in [0.2, 0.25) is 0 Å². The van der Waals surface area contributed by atoms with E-state index in [4.69, 9.17) is 4.74 Å². The maximum absolute atomic E-state index is 14.5. The first-order chi connectivity index (χ1) is 14.7. The number of benzene rings is 2. The third kappa shape index (κ3) is 4.39. The van der Waals surface area contributed by atoms with Gasteiger partial charge in [-0.3, -0.25) is 0 Å². The maximum Gasteiger partial charge on any atom is 0.154 e. The van der Waals surface area contributed by atoms with Crippen molar-refractivity contribution in [2.75, 3.05) is 6.61 Å². The van der Waals surface area contributed by atoms with Crippen LogP contribution in [0.2, 0.25) is 25.7 Å². The Balaban J connectivity index is 1.89. The summed E-state index contributed by atoms with van der Waals surface area (Å²) in [6, 6.07) is 8.71. The van der Waals surface area contributed by atoms with E-state index in [2.05, 4.69) is 45.7 Å². The van der Waals surface area contributed by atoms with Crippen LogP contribution in [0.1, 0.15) is 0 Å². The molecule has 0 amide bonds. The Hall–Kier alpha value is -2.23. The van der Waals surface area contributed by atoms with Crippen molar-refractivity contribution < 1.29 is 17.9 Å². The van der Waals surface area contributed by atoms with Crippen molar-refractivity contribution in [3.8, 4) is 11.3 Å². The number of halogens is 4. The van der Waals surface area contributed by atoms with Crippen LogP contribution in [0.25, 0.3) is 33.1 Å². The zero-order valence-electron chi connectivity index (χ0n) is 17.3. The molecule has 4 rings (SSSR count). The number of aromatic nitrogens is 3. The largest absolute Gasteiger partial charge is 0.360 e. The van der Waals surface area contributed by atoms with E-state index in [-0.39, 0.29) is 18.0 Å². The van der Waals surface area contributed by atoms with Crippen molar-refractivity contribution in [1.29, 1.82) is 0 Å². The Labute approximate surface area is 187 Å². The smallest absolute Gasteiger partial charge is 0.154 e. The molecule has 4 aromatic rings. The van der Waals surface area contributed by atoms with Gasteiger partial charge in [0.05, 0.1) is 16.8 Å².